The molecule has 1 aliphatic carbocycles. The number of benzene rings is 7. The summed E-state index contributed by atoms with van der Waals surface area (Å²) < 4.78 is 6.96. The number of fused-ring (bicyclic) bond motifs is 9. The lowest BCUT2D eigenvalue weighted by molar-refractivity contribution is 0.436. The van der Waals surface area contributed by atoms with Crippen molar-refractivity contribution < 1.29 is 4.74 Å². The first kappa shape index (κ1) is 34.7. The van der Waals surface area contributed by atoms with Gasteiger partial charge in [-0.25, -0.2) is 15.0 Å². The third-order valence-corrected chi connectivity index (χ3v) is 12.0. The van der Waals surface area contributed by atoms with Crippen LogP contribution in [0.3, 0.4) is 0 Å². The summed E-state index contributed by atoms with van der Waals surface area (Å²) in [5.41, 5.74) is 17.3. The summed E-state index contributed by atoms with van der Waals surface area (Å²) >= 11 is 0. The van der Waals surface area contributed by atoms with Crippen LogP contribution in [0, 0.1) is 20.8 Å². The summed E-state index contributed by atoms with van der Waals surface area (Å²) in [4.78, 5) is 19.2. The van der Waals surface area contributed by atoms with Gasteiger partial charge in [0, 0.05) is 39.2 Å². The monoisotopic (exact) mass is 758 g/mol. The van der Waals surface area contributed by atoms with Gasteiger partial charge in [0.1, 0.15) is 17.3 Å². The van der Waals surface area contributed by atoms with Crippen LogP contribution in [0.4, 0.5) is 0 Å². The first-order valence-electron chi connectivity index (χ1n) is 20.0. The molecule has 59 heavy (non-hydrogen) atoms. The van der Waals surface area contributed by atoms with E-state index < -0.39 is 5.41 Å². The molecule has 280 valence electrons. The fraction of sp³-hybridized carbons (Fsp3) is 0.0741. The van der Waals surface area contributed by atoms with Crippen LogP contribution in [0.25, 0.3) is 67.3 Å². The zero-order chi connectivity index (χ0) is 39.7. The van der Waals surface area contributed by atoms with Crippen molar-refractivity contribution in [2.24, 2.45) is 0 Å². The first-order chi connectivity index (χ1) is 28.9. The summed E-state index contributed by atoms with van der Waals surface area (Å²) in [6.45, 7) is 6.03. The summed E-state index contributed by atoms with van der Waals surface area (Å²) in [6.07, 6.45) is 0. The van der Waals surface area contributed by atoms with Gasteiger partial charge in [-0.3, -0.25) is 4.98 Å². The van der Waals surface area contributed by atoms with Gasteiger partial charge in [0.05, 0.1) is 5.41 Å². The van der Waals surface area contributed by atoms with Crippen LogP contribution < -0.4 is 4.74 Å². The Hall–Kier alpha value is -7.50. The van der Waals surface area contributed by atoms with E-state index in [1.54, 1.807) is 0 Å². The van der Waals surface area contributed by atoms with Crippen LogP contribution in [0.5, 0.6) is 11.5 Å². The maximum Gasteiger partial charge on any atom is 0.163 e. The number of ether oxygens (including phenoxy) is 1. The van der Waals surface area contributed by atoms with Crippen molar-refractivity contribution in [2.45, 2.75) is 26.2 Å². The average molecular weight is 759 g/mol. The van der Waals surface area contributed by atoms with Gasteiger partial charge in [-0.2, -0.15) is 0 Å². The van der Waals surface area contributed by atoms with Gasteiger partial charge in [-0.05, 0) is 101 Å². The molecule has 0 saturated carbocycles. The lowest BCUT2D eigenvalue weighted by Crippen LogP contribution is -2.32. The third-order valence-electron chi connectivity index (χ3n) is 12.0. The van der Waals surface area contributed by atoms with Crippen molar-refractivity contribution in [3.05, 3.63) is 215 Å². The lowest BCUT2D eigenvalue weighted by Gasteiger charge is -2.39. The Morgan fingerprint density at radius 2 is 0.915 bits per heavy atom. The van der Waals surface area contributed by atoms with E-state index in [1.165, 1.54) is 38.9 Å². The van der Waals surface area contributed by atoms with E-state index in [4.69, 9.17) is 19.7 Å². The zero-order valence-electron chi connectivity index (χ0n) is 32.9. The van der Waals surface area contributed by atoms with Crippen LogP contribution >= 0.6 is 0 Å². The Kier molecular flexibility index (Phi) is 7.99. The average Bonchev–Trinajstić information content (AvgIpc) is 3.57. The van der Waals surface area contributed by atoms with Gasteiger partial charge >= 0.3 is 0 Å². The molecule has 2 aromatic heterocycles. The Morgan fingerprint density at radius 1 is 0.356 bits per heavy atom. The number of rotatable bonds is 5. The Bertz CT molecular complexity index is 3050. The molecule has 3 heterocycles. The number of nitrogens with zero attached hydrogens (tertiary/aromatic N) is 4. The van der Waals surface area contributed by atoms with Crippen molar-refractivity contribution in [2.75, 3.05) is 0 Å². The second kappa shape index (κ2) is 13.6. The fourth-order valence-electron chi connectivity index (χ4n) is 9.24. The van der Waals surface area contributed by atoms with Gasteiger partial charge in [0.15, 0.2) is 11.6 Å². The predicted octanol–water partition coefficient (Wildman–Crippen LogP) is 13.0. The van der Waals surface area contributed by atoms with Gasteiger partial charge < -0.3 is 4.74 Å². The van der Waals surface area contributed by atoms with E-state index >= 15 is 0 Å². The number of aryl methyl sites for hydroxylation is 3. The lowest BCUT2D eigenvalue weighted by atomic mass is 9.65. The summed E-state index contributed by atoms with van der Waals surface area (Å²) in [5, 5.41) is 0. The molecule has 0 bridgehead atoms. The van der Waals surface area contributed by atoms with Gasteiger partial charge in [-0.15, -0.1) is 0 Å². The second-order valence-electron chi connectivity index (χ2n) is 15.5. The molecule has 0 amide bonds. The van der Waals surface area contributed by atoms with E-state index in [-0.39, 0.29) is 0 Å². The first-order valence-corrected chi connectivity index (χ1v) is 20.0. The maximum atomic E-state index is 6.96. The molecule has 0 fully saturated rings. The fourth-order valence-corrected chi connectivity index (χ4v) is 9.24. The van der Waals surface area contributed by atoms with Crippen molar-refractivity contribution in [1.82, 2.24) is 19.9 Å². The van der Waals surface area contributed by atoms with E-state index in [2.05, 4.69) is 158 Å². The largest absolute Gasteiger partial charge is 0.457 e. The number of hydrogen-bond acceptors (Lipinski definition) is 5. The highest BCUT2D eigenvalue weighted by Gasteiger charge is 2.51. The molecule has 0 N–H and O–H groups in total. The highest BCUT2D eigenvalue weighted by atomic mass is 16.5. The van der Waals surface area contributed by atoms with Gasteiger partial charge in [0.25, 0.3) is 0 Å². The van der Waals surface area contributed by atoms with Crippen LogP contribution in [0.15, 0.2) is 176 Å². The number of aromatic nitrogens is 4. The van der Waals surface area contributed by atoms with Crippen molar-refractivity contribution in [3.8, 4) is 78.8 Å². The van der Waals surface area contributed by atoms with Crippen LogP contribution in [0.2, 0.25) is 0 Å². The molecule has 0 saturated heterocycles. The topological polar surface area (TPSA) is 60.8 Å². The molecular formula is C54H38N4O. The Balaban J connectivity index is 1.01. The molecule has 0 unspecified atom stereocenters. The maximum absolute atomic E-state index is 6.96. The molecule has 5 heteroatoms. The van der Waals surface area contributed by atoms with Crippen molar-refractivity contribution >= 4 is 0 Å². The quantitative estimate of drug-likeness (QED) is 0.175. The minimum absolute atomic E-state index is 0.627. The molecule has 0 radical (unpaired) electrons. The van der Waals surface area contributed by atoms with Gasteiger partial charge in [0.2, 0.25) is 0 Å². The van der Waals surface area contributed by atoms with Gasteiger partial charge in [-0.1, -0.05) is 146 Å². The van der Waals surface area contributed by atoms with E-state index in [0.717, 1.165) is 61.8 Å². The van der Waals surface area contributed by atoms with Crippen LogP contribution in [0.1, 0.15) is 39.5 Å². The second-order valence-corrected chi connectivity index (χ2v) is 15.5. The minimum Gasteiger partial charge on any atom is -0.457 e. The number of hydrogen-bond donors (Lipinski definition) is 0. The summed E-state index contributed by atoms with van der Waals surface area (Å²) in [5.74, 6) is 3.62. The molecule has 5 nitrogen and oxygen atoms in total. The van der Waals surface area contributed by atoms with E-state index in [0.29, 0.717) is 17.5 Å². The standard InChI is InChI=1S/C54H38N4O/c1-33-17-28-43(34(2)55-33)39-24-22-37(23-25-39)36-18-20-38(21-19-36)41-26-29-48-51(32-41)59-50-30-27-42(53-57-35(3)56-52(58-53)40-11-5-4-6-12-40)31-49(50)54(48)46-15-9-7-13-44(46)45-14-8-10-16-47(45)54/h4-32H,1-3H3. The van der Waals surface area contributed by atoms with Crippen molar-refractivity contribution in [1.29, 1.82) is 0 Å². The Labute approximate surface area is 343 Å². The zero-order valence-corrected chi connectivity index (χ0v) is 32.9. The molecular weight excluding hydrogens is 721 g/mol. The third kappa shape index (κ3) is 5.61. The predicted molar refractivity (Wildman–Crippen MR) is 236 cm³/mol. The van der Waals surface area contributed by atoms with Crippen LogP contribution in [-0.4, -0.2) is 19.9 Å². The molecule has 7 aromatic carbocycles. The van der Waals surface area contributed by atoms with Crippen LogP contribution in [-0.2, 0) is 5.41 Å². The smallest absolute Gasteiger partial charge is 0.163 e. The highest BCUT2D eigenvalue weighted by molar-refractivity contribution is 5.89. The minimum atomic E-state index is -0.627. The molecule has 9 aromatic rings. The Morgan fingerprint density at radius 3 is 1.58 bits per heavy atom. The number of pyridine rings is 1. The van der Waals surface area contributed by atoms with E-state index in [1.807, 2.05) is 44.2 Å². The molecule has 11 rings (SSSR count). The van der Waals surface area contributed by atoms with Crippen molar-refractivity contribution in [3.63, 3.8) is 0 Å². The van der Waals surface area contributed by atoms with E-state index in [9.17, 15) is 0 Å². The normalized spacial score (nSPS) is 12.9. The summed E-state index contributed by atoms with van der Waals surface area (Å²) in [6, 6.07) is 62.6. The molecule has 1 spiro atoms. The SMILES string of the molecule is Cc1ccc(-c2ccc(-c3ccc(-c4ccc5c(c4)Oc4ccc(-c6nc(C)nc(-c7ccccc7)n6)cc4C54c5ccccc5-c5ccccc54)cc3)cc2)c(C)n1. The molecule has 0 atom stereocenters. The highest BCUT2D eigenvalue weighted by Crippen LogP contribution is 2.62. The summed E-state index contributed by atoms with van der Waals surface area (Å²) in [7, 11) is 0. The molecule has 2 aliphatic rings. The molecule has 1 aliphatic heterocycles.